The van der Waals surface area contributed by atoms with Crippen LogP contribution in [0.2, 0.25) is 5.02 Å². The normalized spacial score (nSPS) is 10.3. The molecule has 0 fully saturated rings. The Kier molecular flexibility index (Phi) is 3.76. The summed E-state index contributed by atoms with van der Waals surface area (Å²) in [4.78, 5) is 35.3. The summed E-state index contributed by atoms with van der Waals surface area (Å²) in [5.74, 6) is -2.26. The monoisotopic (exact) mass is 296 g/mol. The van der Waals surface area contributed by atoms with Crippen molar-refractivity contribution < 1.29 is 23.5 Å². The molecule has 1 heterocycles. The molecule has 0 spiro atoms. The summed E-state index contributed by atoms with van der Waals surface area (Å²) in [5.41, 5.74) is -0.971. The van der Waals surface area contributed by atoms with Crippen LogP contribution in [0.3, 0.4) is 0 Å². The molecule has 0 saturated carbocycles. The third-order valence-corrected chi connectivity index (χ3v) is 2.89. The molecule has 2 rings (SSSR count). The van der Waals surface area contributed by atoms with Crippen LogP contribution in [-0.2, 0) is 9.47 Å². The van der Waals surface area contributed by atoms with Crippen molar-refractivity contribution in [1.29, 1.82) is 0 Å². The molecular formula is C13H9ClO6. The summed E-state index contributed by atoms with van der Waals surface area (Å²) in [6.45, 7) is 0. The van der Waals surface area contributed by atoms with E-state index in [2.05, 4.69) is 9.47 Å². The predicted octanol–water partition coefficient (Wildman–Crippen LogP) is 2.02. The van der Waals surface area contributed by atoms with Gasteiger partial charge in [-0.25, -0.2) is 14.4 Å². The molecule has 2 aromatic rings. The van der Waals surface area contributed by atoms with E-state index < -0.39 is 23.3 Å². The highest BCUT2D eigenvalue weighted by Crippen LogP contribution is 2.24. The highest BCUT2D eigenvalue weighted by Gasteiger charge is 2.26. The van der Waals surface area contributed by atoms with Crippen molar-refractivity contribution in [2.24, 2.45) is 0 Å². The second-order valence-electron chi connectivity index (χ2n) is 3.77. The first kappa shape index (κ1) is 14.1. The standard InChI is InChI=1S/C13H9ClO6/c1-18-12(16)9-7-4-3-6(14)5-8(7)11(15)20-10(9)13(17)19-2/h3-5H,1-2H3. The lowest BCUT2D eigenvalue weighted by molar-refractivity contribution is 0.0522. The van der Waals surface area contributed by atoms with Crippen molar-refractivity contribution in [3.63, 3.8) is 0 Å². The number of halogens is 1. The SMILES string of the molecule is COC(=O)c1oc(=O)c2cc(Cl)ccc2c1C(=O)OC. The average Bonchev–Trinajstić information content (AvgIpc) is 2.45. The Morgan fingerprint density at radius 3 is 2.35 bits per heavy atom. The molecule has 20 heavy (non-hydrogen) atoms. The molecule has 0 aliphatic heterocycles. The van der Waals surface area contributed by atoms with E-state index in [-0.39, 0.29) is 16.3 Å². The van der Waals surface area contributed by atoms with Crippen LogP contribution in [-0.4, -0.2) is 26.2 Å². The highest BCUT2D eigenvalue weighted by molar-refractivity contribution is 6.31. The van der Waals surface area contributed by atoms with Gasteiger partial charge in [0.1, 0.15) is 5.56 Å². The fourth-order valence-corrected chi connectivity index (χ4v) is 1.94. The van der Waals surface area contributed by atoms with Crippen LogP contribution in [0.15, 0.2) is 27.4 Å². The van der Waals surface area contributed by atoms with E-state index in [9.17, 15) is 14.4 Å². The molecule has 1 aromatic carbocycles. The molecule has 0 N–H and O–H groups in total. The Hall–Kier alpha value is -2.34. The molecule has 0 bridgehead atoms. The maximum atomic E-state index is 11.9. The third kappa shape index (κ3) is 2.25. The molecule has 0 amide bonds. The molecule has 0 radical (unpaired) electrons. The van der Waals surface area contributed by atoms with Gasteiger partial charge in [-0.05, 0) is 12.1 Å². The van der Waals surface area contributed by atoms with Crippen LogP contribution in [0.1, 0.15) is 20.9 Å². The molecule has 0 unspecified atom stereocenters. The van der Waals surface area contributed by atoms with Gasteiger partial charge < -0.3 is 13.9 Å². The number of hydrogen-bond acceptors (Lipinski definition) is 6. The zero-order valence-electron chi connectivity index (χ0n) is 10.6. The number of methoxy groups -OCH3 is 2. The Balaban J connectivity index is 2.94. The number of hydrogen-bond donors (Lipinski definition) is 0. The molecule has 7 heteroatoms. The van der Waals surface area contributed by atoms with E-state index >= 15 is 0 Å². The van der Waals surface area contributed by atoms with Gasteiger partial charge >= 0.3 is 17.6 Å². The smallest absolute Gasteiger partial charge is 0.375 e. The zero-order chi connectivity index (χ0) is 14.9. The summed E-state index contributed by atoms with van der Waals surface area (Å²) in [6.07, 6.45) is 0. The minimum atomic E-state index is -0.945. The van der Waals surface area contributed by atoms with Crippen LogP contribution >= 0.6 is 11.6 Å². The molecule has 0 atom stereocenters. The van der Waals surface area contributed by atoms with E-state index in [0.29, 0.717) is 5.02 Å². The fraction of sp³-hybridized carbons (Fsp3) is 0.154. The van der Waals surface area contributed by atoms with E-state index in [0.717, 1.165) is 14.2 Å². The van der Waals surface area contributed by atoms with Gasteiger partial charge in [0, 0.05) is 10.4 Å². The van der Waals surface area contributed by atoms with Gasteiger partial charge in [0.25, 0.3) is 0 Å². The lowest BCUT2D eigenvalue weighted by Gasteiger charge is -2.08. The number of benzene rings is 1. The number of esters is 2. The summed E-state index contributed by atoms with van der Waals surface area (Å²) < 4.78 is 14.0. The largest absolute Gasteiger partial charge is 0.465 e. The van der Waals surface area contributed by atoms with Gasteiger partial charge in [-0.2, -0.15) is 0 Å². The first-order valence-electron chi connectivity index (χ1n) is 5.42. The molecule has 0 saturated heterocycles. The lowest BCUT2D eigenvalue weighted by Crippen LogP contribution is -2.17. The predicted molar refractivity (Wildman–Crippen MR) is 70.2 cm³/mol. The van der Waals surface area contributed by atoms with Crippen LogP contribution in [0.5, 0.6) is 0 Å². The van der Waals surface area contributed by atoms with Crippen molar-refractivity contribution in [2.75, 3.05) is 14.2 Å². The van der Waals surface area contributed by atoms with Gasteiger partial charge in [0.05, 0.1) is 19.6 Å². The third-order valence-electron chi connectivity index (χ3n) is 2.65. The van der Waals surface area contributed by atoms with Crippen molar-refractivity contribution >= 4 is 34.3 Å². The number of fused-ring (bicyclic) bond motifs is 1. The zero-order valence-corrected chi connectivity index (χ0v) is 11.3. The van der Waals surface area contributed by atoms with E-state index in [1.807, 2.05) is 0 Å². The highest BCUT2D eigenvalue weighted by atomic mass is 35.5. The molecule has 0 aliphatic carbocycles. The molecule has 6 nitrogen and oxygen atoms in total. The molecular weight excluding hydrogens is 288 g/mol. The fourth-order valence-electron chi connectivity index (χ4n) is 1.77. The Labute approximate surface area is 117 Å². The van der Waals surface area contributed by atoms with E-state index in [4.69, 9.17) is 16.0 Å². The number of rotatable bonds is 2. The van der Waals surface area contributed by atoms with Crippen LogP contribution in [0.25, 0.3) is 10.8 Å². The lowest BCUT2D eigenvalue weighted by atomic mass is 10.1. The van der Waals surface area contributed by atoms with Crippen LogP contribution in [0, 0.1) is 0 Å². The summed E-state index contributed by atoms with van der Waals surface area (Å²) in [5, 5.41) is 0.579. The molecule has 0 aliphatic rings. The van der Waals surface area contributed by atoms with Crippen molar-refractivity contribution in [1.82, 2.24) is 0 Å². The quantitative estimate of drug-likeness (QED) is 0.788. The minimum absolute atomic E-state index is 0.0746. The van der Waals surface area contributed by atoms with Crippen molar-refractivity contribution in [3.05, 3.63) is 45.0 Å². The van der Waals surface area contributed by atoms with Crippen molar-refractivity contribution in [2.45, 2.75) is 0 Å². The van der Waals surface area contributed by atoms with Gasteiger partial charge in [-0.3, -0.25) is 0 Å². The van der Waals surface area contributed by atoms with E-state index in [1.165, 1.54) is 18.2 Å². The average molecular weight is 297 g/mol. The Bertz CT molecular complexity index is 761. The Morgan fingerprint density at radius 2 is 1.75 bits per heavy atom. The van der Waals surface area contributed by atoms with Gasteiger partial charge in [-0.15, -0.1) is 0 Å². The van der Waals surface area contributed by atoms with Gasteiger partial charge in [0.2, 0.25) is 5.76 Å². The van der Waals surface area contributed by atoms with E-state index in [1.54, 1.807) is 0 Å². The molecule has 104 valence electrons. The summed E-state index contributed by atoms with van der Waals surface area (Å²) in [6, 6.07) is 4.26. The first-order valence-corrected chi connectivity index (χ1v) is 5.80. The second kappa shape index (κ2) is 5.34. The summed E-state index contributed by atoms with van der Waals surface area (Å²) in [7, 11) is 2.26. The molecule has 1 aromatic heterocycles. The topological polar surface area (TPSA) is 82.8 Å². The maximum Gasteiger partial charge on any atom is 0.375 e. The maximum absolute atomic E-state index is 11.9. The second-order valence-corrected chi connectivity index (χ2v) is 4.20. The number of ether oxygens (including phenoxy) is 2. The summed E-state index contributed by atoms with van der Waals surface area (Å²) >= 11 is 5.80. The van der Waals surface area contributed by atoms with Crippen molar-refractivity contribution in [3.8, 4) is 0 Å². The van der Waals surface area contributed by atoms with Crippen LogP contribution in [0.4, 0.5) is 0 Å². The van der Waals surface area contributed by atoms with Gasteiger partial charge in [0.15, 0.2) is 0 Å². The number of carbonyl (C=O) groups excluding carboxylic acids is 2. The minimum Gasteiger partial charge on any atom is -0.465 e. The Morgan fingerprint density at radius 1 is 1.10 bits per heavy atom. The van der Waals surface area contributed by atoms with Crippen LogP contribution < -0.4 is 5.63 Å². The number of carbonyl (C=O) groups is 2. The first-order chi connectivity index (χ1) is 9.49. The van der Waals surface area contributed by atoms with Gasteiger partial charge in [-0.1, -0.05) is 17.7 Å².